The van der Waals surface area contributed by atoms with Crippen molar-refractivity contribution in [1.29, 1.82) is 0 Å². The molecule has 0 aliphatic heterocycles. The minimum Gasteiger partial charge on any atom is -0.508 e. The van der Waals surface area contributed by atoms with Gasteiger partial charge in [0.2, 0.25) is 0 Å². The van der Waals surface area contributed by atoms with Crippen molar-refractivity contribution in [2.45, 2.75) is 19.3 Å². The molecule has 5 heteroatoms. The highest BCUT2D eigenvalue weighted by molar-refractivity contribution is 5.43. The molecule has 0 spiro atoms. The summed E-state index contributed by atoms with van der Waals surface area (Å²) in [5.74, 6) is 0.116. The molecule has 0 heterocycles. The molecule has 1 aliphatic rings. The summed E-state index contributed by atoms with van der Waals surface area (Å²) < 4.78 is 0. The molecule has 16 heavy (non-hydrogen) atoms. The van der Waals surface area contributed by atoms with Gasteiger partial charge in [-0.05, 0) is 37.3 Å². The number of nitro benzene ring substituents is 1. The molecule has 0 aromatic heterocycles. The third-order valence-electron chi connectivity index (χ3n) is 3.23. The van der Waals surface area contributed by atoms with Crippen molar-refractivity contribution in [1.82, 2.24) is 0 Å². The van der Waals surface area contributed by atoms with Crippen molar-refractivity contribution in [3.8, 4) is 5.75 Å². The maximum Gasteiger partial charge on any atom is 0.269 e. The third kappa shape index (κ3) is 1.99. The lowest BCUT2D eigenvalue weighted by Crippen LogP contribution is -2.18. The van der Waals surface area contributed by atoms with Crippen LogP contribution in [-0.4, -0.2) is 16.6 Å². The van der Waals surface area contributed by atoms with E-state index < -0.39 is 4.92 Å². The van der Waals surface area contributed by atoms with Gasteiger partial charge in [0.25, 0.3) is 5.69 Å². The van der Waals surface area contributed by atoms with Crippen LogP contribution in [0.5, 0.6) is 5.75 Å². The third-order valence-corrected chi connectivity index (χ3v) is 3.23. The molecule has 1 aromatic carbocycles. The van der Waals surface area contributed by atoms with Gasteiger partial charge in [-0.2, -0.15) is 0 Å². The van der Waals surface area contributed by atoms with Gasteiger partial charge in [0, 0.05) is 17.7 Å². The zero-order valence-electron chi connectivity index (χ0n) is 8.85. The van der Waals surface area contributed by atoms with Gasteiger partial charge < -0.3 is 10.8 Å². The van der Waals surface area contributed by atoms with Gasteiger partial charge in [0.15, 0.2) is 0 Å². The van der Waals surface area contributed by atoms with E-state index >= 15 is 0 Å². The number of benzene rings is 1. The minimum atomic E-state index is -0.453. The summed E-state index contributed by atoms with van der Waals surface area (Å²) >= 11 is 0. The molecular weight excluding hydrogens is 208 g/mol. The zero-order valence-corrected chi connectivity index (χ0v) is 8.85. The van der Waals surface area contributed by atoms with Crippen molar-refractivity contribution >= 4 is 5.69 Å². The van der Waals surface area contributed by atoms with Gasteiger partial charge in [-0.3, -0.25) is 10.1 Å². The topological polar surface area (TPSA) is 89.4 Å². The van der Waals surface area contributed by atoms with E-state index in [1.165, 1.54) is 18.2 Å². The van der Waals surface area contributed by atoms with Gasteiger partial charge in [-0.1, -0.05) is 0 Å². The number of nitrogens with two attached hydrogens (primary N) is 1. The van der Waals surface area contributed by atoms with Crippen LogP contribution in [0.15, 0.2) is 18.2 Å². The van der Waals surface area contributed by atoms with Crippen molar-refractivity contribution < 1.29 is 10.0 Å². The highest BCUT2D eigenvalue weighted by atomic mass is 16.6. The van der Waals surface area contributed by atoms with E-state index in [0.29, 0.717) is 18.5 Å². The summed E-state index contributed by atoms with van der Waals surface area (Å²) in [6.45, 7) is 0.565. The number of hydrogen-bond donors (Lipinski definition) is 2. The lowest BCUT2D eigenvalue weighted by molar-refractivity contribution is -0.384. The second-order valence-electron chi connectivity index (χ2n) is 4.45. The number of aromatic hydroxyl groups is 1. The van der Waals surface area contributed by atoms with Crippen LogP contribution < -0.4 is 5.73 Å². The smallest absolute Gasteiger partial charge is 0.269 e. The first-order chi connectivity index (χ1) is 7.56. The molecule has 2 rings (SSSR count). The summed E-state index contributed by atoms with van der Waals surface area (Å²) in [5, 5.41) is 20.3. The largest absolute Gasteiger partial charge is 0.508 e. The van der Waals surface area contributed by atoms with Crippen LogP contribution in [0.25, 0.3) is 0 Å². The molecule has 1 aliphatic carbocycles. The second-order valence-corrected chi connectivity index (χ2v) is 4.45. The first-order valence-corrected chi connectivity index (χ1v) is 5.23. The number of nitrogens with zero attached hydrogens (tertiary/aromatic N) is 1. The fraction of sp³-hybridized carbons (Fsp3) is 0.455. The van der Waals surface area contributed by atoms with Crippen molar-refractivity contribution in [2.75, 3.05) is 6.54 Å². The molecule has 1 saturated carbocycles. The Balaban J connectivity index is 2.25. The molecule has 1 aromatic rings. The molecule has 86 valence electrons. The van der Waals surface area contributed by atoms with Gasteiger partial charge in [0.05, 0.1) is 4.92 Å². The fourth-order valence-corrected chi connectivity index (χ4v) is 1.86. The number of phenols is 1. The van der Waals surface area contributed by atoms with Crippen LogP contribution in [0.2, 0.25) is 0 Å². The maximum absolute atomic E-state index is 10.6. The Hall–Kier alpha value is -1.62. The van der Waals surface area contributed by atoms with Crippen molar-refractivity contribution in [3.63, 3.8) is 0 Å². The van der Waals surface area contributed by atoms with Crippen LogP contribution in [0.1, 0.15) is 18.4 Å². The molecule has 0 bridgehead atoms. The van der Waals surface area contributed by atoms with Crippen molar-refractivity contribution in [2.24, 2.45) is 11.1 Å². The normalized spacial score (nSPS) is 17.1. The van der Waals surface area contributed by atoms with Gasteiger partial charge in [-0.15, -0.1) is 0 Å². The van der Waals surface area contributed by atoms with Crippen LogP contribution in [-0.2, 0) is 6.42 Å². The molecule has 0 saturated heterocycles. The highest BCUT2D eigenvalue weighted by Gasteiger charge is 2.41. The fourth-order valence-electron chi connectivity index (χ4n) is 1.86. The Labute approximate surface area is 93.0 Å². The zero-order chi connectivity index (χ0) is 11.8. The Bertz CT molecular complexity index is 427. The summed E-state index contributed by atoms with van der Waals surface area (Å²) in [7, 11) is 0. The van der Waals surface area contributed by atoms with Crippen molar-refractivity contribution in [3.05, 3.63) is 33.9 Å². The summed E-state index contributed by atoms with van der Waals surface area (Å²) in [6.07, 6.45) is 2.69. The van der Waals surface area contributed by atoms with E-state index in [0.717, 1.165) is 12.8 Å². The molecule has 0 atom stereocenters. The minimum absolute atomic E-state index is 0.0145. The Morgan fingerprint density at radius 3 is 2.69 bits per heavy atom. The molecule has 1 fully saturated rings. The molecule has 3 N–H and O–H groups in total. The van der Waals surface area contributed by atoms with Gasteiger partial charge in [-0.25, -0.2) is 0 Å². The quantitative estimate of drug-likeness (QED) is 0.597. The SMILES string of the molecule is NCC1(Cc2cc([N+](=O)[O-])ccc2O)CC1. The number of rotatable bonds is 4. The van der Waals surface area contributed by atoms with E-state index in [2.05, 4.69) is 0 Å². The number of phenolic OH excluding ortho intramolecular Hbond substituents is 1. The molecule has 0 amide bonds. The van der Waals surface area contributed by atoms with Gasteiger partial charge >= 0.3 is 0 Å². The number of non-ortho nitro benzene ring substituents is 1. The first kappa shape index (κ1) is 10.9. The maximum atomic E-state index is 10.6. The molecule has 0 unspecified atom stereocenters. The van der Waals surface area contributed by atoms with E-state index in [1.807, 2.05) is 0 Å². The van der Waals surface area contributed by atoms with Crippen LogP contribution in [0.4, 0.5) is 5.69 Å². The monoisotopic (exact) mass is 222 g/mol. The summed E-state index contributed by atoms with van der Waals surface area (Å²) in [6, 6.07) is 4.12. The molecule has 0 radical (unpaired) electrons. The highest BCUT2D eigenvalue weighted by Crippen LogP contribution is 2.48. The lowest BCUT2D eigenvalue weighted by Gasteiger charge is -2.12. The van der Waals surface area contributed by atoms with E-state index in [9.17, 15) is 15.2 Å². The Kier molecular flexibility index (Phi) is 2.55. The number of nitro groups is 1. The average molecular weight is 222 g/mol. The Morgan fingerprint density at radius 1 is 1.50 bits per heavy atom. The standard InChI is InChI=1S/C11H14N2O3/c12-7-11(3-4-11)6-8-5-9(13(15)16)1-2-10(8)14/h1-2,5,14H,3-4,6-7,12H2. The first-order valence-electron chi connectivity index (χ1n) is 5.23. The Morgan fingerprint density at radius 2 is 2.19 bits per heavy atom. The van der Waals surface area contributed by atoms with Gasteiger partial charge in [0.1, 0.15) is 5.75 Å². The lowest BCUT2D eigenvalue weighted by atomic mass is 9.96. The van der Waals surface area contributed by atoms with Crippen LogP contribution in [0.3, 0.4) is 0 Å². The molecular formula is C11H14N2O3. The second kappa shape index (κ2) is 3.75. The van der Waals surface area contributed by atoms with Crippen LogP contribution >= 0.6 is 0 Å². The molecule has 5 nitrogen and oxygen atoms in total. The van der Waals surface area contributed by atoms with Crippen LogP contribution in [0, 0.1) is 15.5 Å². The predicted molar refractivity (Wildman–Crippen MR) is 59.2 cm³/mol. The van der Waals surface area contributed by atoms with E-state index in [4.69, 9.17) is 5.73 Å². The van der Waals surface area contributed by atoms with E-state index in [-0.39, 0.29) is 16.9 Å². The predicted octanol–water partition coefficient (Wildman–Crippen LogP) is 1.58. The number of hydrogen-bond acceptors (Lipinski definition) is 4. The average Bonchev–Trinajstić information content (AvgIpc) is 3.02. The summed E-state index contributed by atoms with van der Waals surface area (Å²) in [4.78, 5) is 10.2. The van der Waals surface area contributed by atoms with E-state index in [1.54, 1.807) is 0 Å². The summed E-state index contributed by atoms with van der Waals surface area (Å²) in [5.41, 5.74) is 6.35.